The molecular formula is C17H26ClN3O3. The van der Waals surface area contributed by atoms with E-state index in [-0.39, 0.29) is 24.2 Å². The summed E-state index contributed by atoms with van der Waals surface area (Å²) in [6.45, 7) is 1.54. The first-order valence-electron chi connectivity index (χ1n) is 7.83. The summed E-state index contributed by atoms with van der Waals surface area (Å²) in [5, 5.41) is 6.15. The number of carbonyl (C=O) groups excluding carboxylic acids is 2. The third-order valence-corrected chi connectivity index (χ3v) is 4.28. The lowest BCUT2D eigenvalue weighted by molar-refractivity contribution is -0.140. The van der Waals surface area contributed by atoms with Crippen molar-refractivity contribution in [1.29, 1.82) is 0 Å². The Bertz CT molecular complexity index is 555. The molecule has 2 rings (SSSR count). The van der Waals surface area contributed by atoms with Crippen LogP contribution in [0.15, 0.2) is 24.3 Å². The van der Waals surface area contributed by atoms with Gasteiger partial charge in [-0.3, -0.25) is 9.59 Å². The first kappa shape index (κ1) is 20.4. The van der Waals surface area contributed by atoms with Crippen LogP contribution in [0.1, 0.15) is 18.4 Å². The van der Waals surface area contributed by atoms with Crippen molar-refractivity contribution in [3.8, 4) is 0 Å². The van der Waals surface area contributed by atoms with Gasteiger partial charge < -0.3 is 20.3 Å². The maximum atomic E-state index is 12.5. The monoisotopic (exact) mass is 355 g/mol. The Labute approximate surface area is 149 Å². The topological polar surface area (TPSA) is 70.7 Å². The van der Waals surface area contributed by atoms with Crippen LogP contribution < -0.4 is 10.6 Å². The van der Waals surface area contributed by atoms with E-state index in [0.29, 0.717) is 24.9 Å². The predicted octanol–water partition coefficient (Wildman–Crippen LogP) is 1.45. The molecule has 1 aliphatic rings. The highest BCUT2D eigenvalue weighted by Gasteiger charge is 2.39. The van der Waals surface area contributed by atoms with Gasteiger partial charge in [0.2, 0.25) is 5.91 Å². The fraction of sp³-hybridized carbons (Fsp3) is 0.529. The lowest BCUT2D eigenvalue weighted by Gasteiger charge is -2.34. The van der Waals surface area contributed by atoms with Crippen LogP contribution in [0.25, 0.3) is 0 Å². The van der Waals surface area contributed by atoms with Crippen LogP contribution in [0.3, 0.4) is 0 Å². The van der Waals surface area contributed by atoms with Gasteiger partial charge in [0.25, 0.3) is 5.91 Å². The molecule has 1 aliphatic heterocycles. The molecule has 0 aromatic heterocycles. The van der Waals surface area contributed by atoms with Gasteiger partial charge in [-0.1, -0.05) is 12.1 Å². The van der Waals surface area contributed by atoms with Gasteiger partial charge in [0.15, 0.2) is 0 Å². The number of ether oxygens (including phenoxy) is 1. The van der Waals surface area contributed by atoms with Crippen LogP contribution in [0, 0.1) is 0 Å². The quantitative estimate of drug-likeness (QED) is 0.838. The highest BCUT2D eigenvalue weighted by molar-refractivity contribution is 5.97. The number of hydrogen-bond donors (Lipinski definition) is 2. The number of benzene rings is 1. The highest BCUT2D eigenvalue weighted by atomic mass is 35.5. The van der Waals surface area contributed by atoms with E-state index < -0.39 is 5.60 Å². The van der Waals surface area contributed by atoms with Crippen LogP contribution >= 0.6 is 12.4 Å². The third-order valence-electron chi connectivity index (χ3n) is 4.28. The van der Waals surface area contributed by atoms with Crippen LogP contribution in [0.2, 0.25) is 0 Å². The number of likely N-dealkylation sites (N-methyl/N-ethyl adjacent to an activating group) is 1. The molecule has 0 spiro atoms. The second-order valence-corrected chi connectivity index (χ2v) is 6.06. The number of hydrogen-bond acceptors (Lipinski definition) is 4. The molecule has 0 aliphatic carbocycles. The van der Waals surface area contributed by atoms with Crippen molar-refractivity contribution in [2.45, 2.75) is 24.9 Å². The number of halogens is 1. The maximum absolute atomic E-state index is 12.5. The van der Waals surface area contributed by atoms with Crippen LogP contribution in [-0.4, -0.2) is 56.6 Å². The molecule has 7 heteroatoms. The molecule has 0 saturated carbocycles. The number of nitrogens with zero attached hydrogens (tertiary/aromatic N) is 1. The number of amides is 2. The van der Waals surface area contributed by atoms with E-state index in [2.05, 4.69) is 10.6 Å². The number of methoxy groups -OCH3 is 1. The molecule has 24 heavy (non-hydrogen) atoms. The van der Waals surface area contributed by atoms with E-state index in [1.807, 2.05) is 24.3 Å². The Morgan fingerprint density at radius 3 is 2.29 bits per heavy atom. The van der Waals surface area contributed by atoms with Crippen LogP contribution in [0.5, 0.6) is 0 Å². The molecule has 1 aromatic rings. The second kappa shape index (κ2) is 9.01. The molecule has 0 atom stereocenters. The average molecular weight is 356 g/mol. The lowest BCUT2D eigenvalue weighted by Crippen LogP contribution is -2.51. The number of piperidine rings is 1. The Balaban J connectivity index is 0.00000288. The zero-order valence-electron chi connectivity index (χ0n) is 14.4. The fourth-order valence-electron chi connectivity index (χ4n) is 2.64. The molecule has 1 fully saturated rings. The Hall–Kier alpha value is -1.63. The number of carbonyl (C=O) groups is 2. The molecule has 2 amide bonds. The van der Waals surface area contributed by atoms with Gasteiger partial charge in [-0.05, 0) is 43.6 Å². The van der Waals surface area contributed by atoms with Crippen molar-refractivity contribution in [3.05, 3.63) is 29.8 Å². The molecule has 0 bridgehead atoms. The van der Waals surface area contributed by atoms with E-state index in [0.717, 1.165) is 18.7 Å². The predicted molar refractivity (Wildman–Crippen MR) is 96.6 cm³/mol. The van der Waals surface area contributed by atoms with Crippen molar-refractivity contribution < 1.29 is 14.3 Å². The Morgan fingerprint density at radius 2 is 1.79 bits per heavy atom. The van der Waals surface area contributed by atoms with Gasteiger partial charge >= 0.3 is 0 Å². The van der Waals surface area contributed by atoms with Gasteiger partial charge in [0, 0.05) is 26.9 Å². The number of anilines is 1. The number of rotatable bonds is 5. The summed E-state index contributed by atoms with van der Waals surface area (Å²) < 4.78 is 5.51. The number of nitrogens with one attached hydrogen (secondary N) is 2. The molecule has 0 unspecified atom stereocenters. The van der Waals surface area contributed by atoms with E-state index in [1.54, 1.807) is 26.1 Å². The minimum absolute atomic E-state index is 0. The summed E-state index contributed by atoms with van der Waals surface area (Å²) in [4.78, 5) is 25.8. The summed E-state index contributed by atoms with van der Waals surface area (Å²) in [5.74, 6) is -0.0616. The largest absolute Gasteiger partial charge is 0.368 e. The van der Waals surface area contributed by atoms with Gasteiger partial charge in [-0.2, -0.15) is 0 Å². The Kier molecular flexibility index (Phi) is 7.66. The minimum Gasteiger partial charge on any atom is -0.368 e. The van der Waals surface area contributed by atoms with E-state index in [4.69, 9.17) is 4.74 Å². The van der Waals surface area contributed by atoms with E-state index >= 15 is 0 Å². The summed E-state index contributed by atoms with van der Waals surface area (Å²) in [7, 11) is 5.06. The molecule has 134 valence electrons. The summed E-state index contributed by atoms with van der Waals surface area (Å²) in [6, 6.07) is 7.36. The second-order valence-electron chi connectivity index (χ2n) is 6.06. The van der Waals surface area contributed by atoms with Crippen LogP contribution in [-0.2, 0) is 20.7 Å². The van der Waals surface area contributed by atoms with E-state index in [9.17, 15) is 9.59 Å². The molecule has 1 heterocycles. The van der Waals surface area contributed by atoms with Gasteiger partial charge in [0.1, 0.15) is 5.60 Å². The Morgan fingerprint density at radius 1 is 1.21 bits per heavy atom. The normalized spacial score (nSPS) is 16.0. The zero-order valence-corrected chi connectivity index (χ0v) is 15.2. The summed E-state index contributed by atoms with van der Waals surface area (Å²) in [5.41, 5.74) is 0.876. The maximum Gasteiger partial charge on any atom is 0.256 e. The minimum atomic E-state index is -0.759. The fourth-order valence-corrected chi connectivity index (χ4v) is 2.64. The zero-order chi connectivity index (χ0) is 16.9. The summed E-state index contributed by atoms with van der Waals surface area (Å²) in [6.07, 6.45) is 1.67. The van der Waals surface area contributed by atoms with Gasteiger partial charge in [-0.15, -0.1) is 12.4 Å². The van der Waals surface area contributed by atoms with Crippen molar-refractivity contribution in [3.63, 3.8) is 0 Å². The molecule has 1 aromatic carbocycles. The summed E-state index contributed by atoms with van der Waals surface area (Å²) >= 11 is 0. The van der Waals surface area contributed by atoms with Crippen LogP contribution in [0.4, 0.5) is 5.69 Å². The first-order chi connectivity index (χ1) is 11.0. The first-order valence-corrected chi connectivity index (χ1v) is 7.83. The van der Waals surface area contributed by atoms with Crippen molar-refractivity contribution in [2.24, 2.45) is 0 Å². The molecule has 6 nitrogen and oxygen atoms in total. The molecule has 1 saturated heterocycles. The molecule has 0 radical (unpaired) electrons. The van der Waals surface area contributed by atoms with Gasteiger partial charge in [0.05, 0.1) is 6.42 Å². The lowest BCUT2D eigenvalue weighted by atomic mass is 9.91. The van der Waals surface area contributed by atoms with Crippen molar-refractivity contribution in [1.82, 2.24) is 10.2 Å². The smallest absolute Gasteiger partial charge is 0.256 e. The third kappa shape index (κ3) is 4.93. The molecule has 2 N–H and O–H groups in total. The standard InChI is InChI=1S/C17H25N3O3.ClH/c1-20(2)15(21)12-13-4-6-14(7-5-13)19-16(22)17(23-3)8-10-18-11-9-17;/h4-7,18H,8-12H2,1-3H3,(H,19,22);1H. The van der Waals surface area contributed by atoms with Gasteiger partial charge in [-0.25, -0.2) is 0 Å². The highest BCUT2D eigenvalue weighted by Crippen LogP contribution is 2.24. The van der Waals surface area contributed by atoms with Crippen molar-refractivity contribution in [2.75, 3.05) is 39.6 Å². The average Bonchev–Trinajstić information content (AvgIpc) is 2.57. The van der Waals surface area contributed by atoms with E-state index in [1.165, 1.54) is 0 Å². The SMILES string of the molecule is COC1(C(=O)Nc2ccc(CC(=O)N(C)C)cc2)CCNCC1.Cl. The van der Waals surface area contributed by atoms with Crippen molar-refractivity contribution >= 4 is 29.9 Å². The molecular weight excluding hydrogens is 330 g/mol.